The van der Waals surface area contributed by atoms with Gasteiger partial charge in [0.1, 0.15) is 0 Å². The zero-order valence-corrected chi connectivity index (χ0v) is 25.5. The molecule has 7 rings (SSSR count). The van der Waals surface area contributed by atoms with Gasteiger partial charge >= 0.3 is 0 Å². The topological polar surface area (TPSA) is 90.6 Å². The highest BCUT2D eigenvalue weighted by molar-refractivity contribution is 5.82. The first-order valence-electron chi connectivity index (χ1n) is 15.2. The van der Waals surface area contributed by atoms with Crippen molar-refractivity contribution in [3.63, 3.8) is 0 Å². The molecule has 0 aliphatic carbocycles. The van der Waals surface area contributed by atoms with Crippen molar-refractivity contribution < 1.29 is 0 Å². The van der Waals surface area contributed by atoms with Crippen LogP contribution in [-0.4, -0.2) is 15.0 Å². The summed E-state index contributed by atoms with van der Waals surface area (Å²) < 4.78 is 0. The van der Waals surface area contributed by atoms with Crippen LogP contribution >= 0.6 is 0 Å². The summed E-state index contributed by atoms with van der Waals surface area (Å²) in [7, 11) is 0. The molecule has 0 spiro atoms. The van der Waals surface area contributed by atoms with E-state index in [1.165, 1.54) is 0 Å². The van der Waals surface area contributed by atoms with Gasteiger partial charge in [-0.2, -0.15) is 10.5 Å². The maximum absolute atomic E-state index is 9.75. The monoisotopic (exact) mass is 612 g/mol. The Morgan fingerprint density at radius 2 is 0.771 bits per heavy atom. The lowest BCUT2D eigenvalue weighted by Gasteiger charge is -2.12. The summed E-state index contributed by atoms with van der Waals surface area (Å²) in [5, 5.41) is 19.5. The van der Waals surface area contributed by atoms with E-state index in [2.05, 4.69) is 17.0 Å². The summed E-state index contributed by atoms with van der Waals surface area (Å²) in [6.07, 6.45) is 0. The molecule has 1 aromatic heterocycles. The highest BCUT2D eigenvalue weighted by Gasteiger charge is 2.16. The van der Waals surface area contributed by atoms with E-state index < -0.39 is 0 Å². The maximum atomic E-state index is 9.75. The summed E-state index contributed by atoms with van der Waals surface area (Å²) in [5.41, 5.74) is 9.15. The predicted molar refractivity (Wildman–Crippen MR) is 188 cm³/mol. The van der Waals surface area contributed by atoms with Crippen LogP contribution in [0.3, 0.4) is 0 Å². The normalized spacial score (nSPS) is 10.4. The minimum Gasteiger partial charge on any atom is -0.238 e. The van der Waals surface area contributed by atoms with E-state index in [1.807, 2.05) is 133 Å². The van der Waals surface area contributed by atoms with Crippen LogP contribution in [0.5, 0.6) is 0 Å². The second-order valence-corrected chi connectivity index (χ2v) is 11.0. The molecule has 0 saturated carbocycles. The van der Waals surface area contributed by atoms with Crippen LogP contribution < -0.4 is 0 Å². The molecule has 48 heavy (non-hydrogen) atoms. The first-order chi connectivity index (χ1) is 23.6. The predicted octanol–water partition coefficient (Wildman–Crippen LogP) is 10.2. The van der Waals surface area contributed by atoms with Crippen molar-refractivity contribution in [1.82, 2.24) is 15.0 Å². The standard InChI is InChI=1S/C42H24N6/c1-45-39-22-7-6-21-38(39)30-15-10-18-33(25-30)42-47-40(31-16-8-13-28(23-31)36-19-4-2-11-34(36)26-43)46-41(48-42)32-17-9-14-29(24-32)37-20-5-3-12-35(37)27-44/h2-25H. The van der Waals surface area contributed by atoms with Crippen LogP contribution in [0, 0.1) is 29.2 Å². The second-order valence-electron chi connectivity index (χ2n) is 11.0. The van der Waals surface area contributed by atoms with Crippen LogP contribution in [-0.2, 0) is 0 Å². The summed E-state index contributed by atoms with van der Waals surface area (Å²) >= 11 is 0. The van der Waals surface area contributed by atoms with Gasteiger partial charge in [0.15, 0.2) is 23.2 Å². The highest BCUT2D eigenvalue weighted by atomic mass is 15.0. The van der Waals surface area contributed by atoms with Crippen molar-refractivity contribution >= 4 is 5.69 Å². The third-order valence-electron chi connectivity index (χ3n) is 8.05. The Bertz CT molecular complexity index is 2170. The van der Waals surface area contributed by atoms with E-state index in [0.717, 1.165) is 50.1 Å². The van der Waals surface area contributed by atoms with Gasteiger partial charge in [-0.15, -0.1) is 0 Å². The largest absolute Gasteiger partial charge is 0.238 e. The zero-order chi connectivity index (χ0) is 32.9. The van der Waals surface area contributed by atoms with Gasteiger partial charge in [0.05, 0.1) is 29.8 Å². The number of para-hydroxylation sites is 1. The molecule has 0 aliphatic rings. The summed E-state index contributed by atoms with van der Waals surface area (Å²) in [6.45, 7) is 7.66. The lowest BCUT2D eigenvalue weighted by Crippen LogP contribution is -2.00. The van der Waals surface area contributed by atoms with Crippen molar-refractivity contribution in [2.45, 2.75) is 0 Å². The van der Waals surface area contributed by atoms with Crippen LogP contribution in [0.1, 0.15) is 11.1 Å². The van der Waals surface area contributed by atoms with Crippen molar-refractivity contribution in [3.8, 4) is 79.7 Å². The Morgan fingerprint density at radius 1 is 0.417 bits per heavy atom. The molecular weight excluding hydrogens is 589 g/mol. The smallest absolute Gasteiger partial charge is 0.194 e. The first-order valence-corrected chi connectivity index (χ1v) is 15.2. The molecule has 0 amide bonds. The molecule has 6 nitrogen and oxygen atoms in total. The fraction of sp³-hybridized carbons (Fsp3) is 0. The fourth-order valence-corrected chi connectivity index (χ4v) is 5.72. The Balaban J connectivity index is 1.41. The highest BCUT2D eigenvalue weighted by Crippen LogP contribution is 2.34. The molecule has 0 atom stereocenters. The third-order valence-corrected chi connectivity index (χ3v) is 8.05. The van der Waals surface area contributed by atoms with Gasteiger partial charge in [-0.05, 0) is 63.7 Å². The molecule has 0 N–H and O–H groups in total. The van der Waals surface area contributed by atoms with Crippen LogP contribution in [0.2, 0.25) is 0 Å². The molecule has 0 saturated heterocycles. The second kappa shape index (κ2) is 13.0. The lowest BCUT2D eigenvalue weighted by atomic mass is 9.98. The minimum absolute atomic E-state index is 0.473. The lowest BCUT2D eigenvalue weighted by molar-refractivity contribution is 1.07. The first kappa shape index (κ1) is 29.5. The van der Waals surface area contributed by atoms with Crippen molar-refractivity contribution in [2.75, 3.05) is 0 Å². The van der Waals surface area contributed by atoms with Gasteiger partial charge < -0.3 is 0 Å². The van der Waals surface area contributed by atoms with Gasteiger partial charge in [0.25, 0.3) is 0 Å². The molecule has 7 aromatic rings. The number of benzene rings is 6. The number of aromatic nitrogens is 3. The quantitative estimate of drug-likeness (QED) is 0.174. The molecule has 0 unspecified atom stereocenters. The molecule has 0 bridgehead atoms. The van der Waals surface area contributed by atoms with E-state index in [4.69, 9.17) is 21.5 Å². The maximum Gasteiger partial charge on any atom is 0.194 e. The fourth-order valence-electron chi connectivity index (χ4n) is 5.72. The van der Waals surface area contributed by atoms with Crippen LogP contribution in [0.25, 0.3) is 72.4 Å². The number of rotatable bonds is 6. The third kappa shape index (κ3) is 5.80. The molecule has 6 aromatic carbocycles. The van der Waals surface area contributed by atoms with E-state index in [0.29, 0.717) is 34.3 Å². The molecule has 0 radical (unpaired) electrons. The molecule has 222 valence electrons. The van der Waals surface area contributed by atoms with E-state index in [1.54, 1.807) is 12.1 Å². The number of hydrogen-bond donors (Lipinski definition) is 0. The average molecular weight is 613 g/mol. The van der Waals surface area contributed by atoms with Crippen LogP contribution in [0.4, 0.5) is 5.69 Å². The molecular formula is C42H24N6. The number of nitriles is 2. The Hall–Kier alpha value is -7.20. The minimum atomic E-state index is 0.473. The average Bonchev–Trinajstić information content (AvgIpc) is 3.17. The van der Waals surface area contributed by atoms with Gasteiger partial charge in [0, 0.05) is 16.7 Å². The van der Waals surface area contributed by atoms with Gasteiger partial charge in [-0.1, -0.05) is 115 Å². The van der Waals surface area contributed by atoms with Crippen molar-refractivity contribution in [3.05, 3.63) is 168 Å². The van der Waals surface area contributed by atoms with E-state index in [-0.39, 0.29) is 0 Å². The van der Waals surface area contributed by atoms with Gasteiger partial charge in [-0.25, -0.2) is 19.8 Å². The number of nitrogens with zero attached hydrogens (tertiary/aromatic N) is 6. The molecule has 6 heteroatoms. The van der Waals surface area contributed by atoms with Gasteiger partial charge in [0.2, 0.25) is 0 Å². The summed E-state index contributed by atoms with van der Waals surface area (Å²) in [6, 6.07) is 50.6. The van der Waals surface area contributed by atoms with E-state index >= 15 is 0 Å². The Labute approximate surface area is 278 Å². The van der Waals surface area contributed by atoms with E-state index in [9.17, 15) is 10.5 Å². The molecule has 0 aliphatic heterocycles. The molecule has 1 heterocycles. The van der Waals surface area contributed by atoms with Crippen molar-refractivity contribution in [2.24, 2.45) is 0 Å². The zero-order valence-electron chi connectivity index (χ0n) is 25.5. The molecule has 0 fully saturated rings. The van der Waals surface area contributed by atoms with Crippen LogP contribution in [0.15, 0.2) is 146 Å². The SMILES string of the molecule is [C-]#[N+]c1ccccc1-c1cccc(-c2nc(-c3cccc(-c4ccccc4C#N)c3)nc(-c3cccc(-c4ccccc4C#N)c3)n2)c1. The summed E-state index contributed by atoms with van der Waals surface area (Å²) in [5.74, 6) is 1.42. The Kier molecular flexibility index (Phi) is 8.01. The Morgan fingerprint density at radius 3 is 1.19 bits per heavy atom. The number of hydrogen-bond acceptors (Lipinski definition) is 5. The summed E-state index contributed by atoms with van der Waals surface area (Å²) in [4.78, 5) is 18.6. The van der Waals surface area contributed by atoms with Gasteiger partial charge in [-0.3, -0.25) is 0 Å². The van der Waals surface area contributed by atoms with Crippen molar-refractivity contribution in [1.29, 1.82) is 10.5 Å².